The van der Waals surface area contributed by atoms with Crippen molar-refractivity contribution in [1.82, 2.24) is 9.62 Å². The Morgan fingerprint density at radius 2 is 1.21 bits per heavy atom. The minimum absolute atomic E-state index is 0.0609. The molecule has 1 N–H and O–H groups in total. The maximum Gasteiger partial charge on any atom is 0.416 e. The minimum Gasteiger partial charge on any atom is -0.296 e. The molecule has 2 aromatic rings. The van der Waals surface area contributed by atoms with Crippen LogP contribution in [0.1, 0.15) is 22.3 Å². The molecule has 1 saturated heterocycles. The number of alkyl halides is 9. The quantitative estimate of drug-likeness (QED) is 0.587. The van der Waals surface area contributed by atoms with Crippen molar-refractivity contribution in [2.24, 2.45) is 0 Å². The van der Waals surface area contributed by atoms with E-state index in [1.807, 2.05) is 0 Å². The molecule has 1 aliphatic heterocycles. The van der Waals surface area contributed by atoms with Gasteiger partial charge in [0.2, 0.25) is 10.0 Å². The zero-order valence-corrected chi connectivity index (χ0v) is 17.1. The molecule has 0 spiro atoms. The van der Waals surface area contributed by atoms with Gasteiger partial charge in [0.25, 0.3) is 0 Å². The SMILES string of the molecule is O=S(=O)(NC1CN(Cc2ccc(C(F)(F)F)cc2)C1)c1cc(C(F)(F)F)cc(C(F)(F)F)c1. The summed E-state index contributed by atoms with van der Waals surface area (Å²) in [4.78, 5) is 0.467. The number of rotatable bonds is 5. The third-order valence-electron chi connectivity index (χ3n) is 4.84. The van der Waals surface area contributed by atoms with Crippen molar-refractivity contribution >= 4 is 10.0 Å². The van der Waals surface area contributed by atoms with E-state index in [0.29, 0.717) is 5.56 Å². The van der Waals surface area contributed by atoms with Gasteiger partial charge in [-0.2, -0.15) is 39.5 Å². The third-order valence-corrected chi connectivity index (χ3v) is 6.34. The minimum atomic E-state index is -5.19. The zero-order chi connectivity index (χ0) is 24.8. The highest BCUT2D eigenvalue weighted by molar-refractivity contribution is 7.89. The highest BCUT2D eigenvalue weighted by Crippen LogP contribution is 2.37. The molecule has 2 aromatic carbocycles. The molecule has 14 heteroatoms. The lowest BCUT2D eigenvalue weighted by Gasteiger charge is -2.39. The van der Waals surface area contributed by atoms with Crippen molar-refractivity contribution in [2.75, 3.05) is 13.1 Å². The fourth-order valence-electron chi connectivity index (χ4n) is 3.20. The van der Waals surface area contributed by atoms with Crippen molar-refractivity contribution in [2.45, 2.75) is 36.0 Å². The van der Waals surface area contributed by atoms with Crippen LogP contribution in [-0.4, -0.2) is 32.4 Å². The van der Waals surface area contributed by atoms with Gasteiger partial charge < -0.3 is 0 Å². The Morgan fingerprint density at radius 3 is 1.64 bits per heavy atom. The van der Waals surface area contributed by atoms with Gasteiger partial charge in [-0.1, -0.05) is 12.1 Å². The van der Waals surface area contributed by atoms with Gasteiger partial charge in [0.05, 0.1) is 21.6 Å². The first kappa shape index (κ1) is 25.3. The van der Waals surface area contributed by atoms with Crippen LogP contribution in [0.3, 0.4) is 0 Å². The van der Waals surface area contributed by atoms with Crippen molar-refractivity contribution in [3.8, 4) is 0 Å². The number of benzene rings is 2. The molecule has 1 aliphatic rings. The summed E-state index contributed by atoms with van der Waals surface area (Å²) in [5.74, 6) is 0. The topological polar surface area (TPSA) is 49.4 Å². The molecule has 0 bridgehead atoms. The van der Waals surface area contributed by atoms with E-state index in [0.717, 1.165) is 12.1 Å². The smallest absolute Gasteiger partial charge is 0.296 e. The van der Waals surface area contributed by atoms with Gasteiger partial charge in [-0.05, 0) is 35.9 Å². The second-order valence-electron chi connectivity index (χ2n) is 7.45. The average Bonchev–Trinajstić information content (AvgIpc) is 2.64. The number of hydrogen-bond donors (Lipinski definition) is 1. The van der Waals surface area contributed by atoms with E-state index in [-0.39, 0.29) is 37.8 Å². The standard InChI is InChI=1S/C19H15F9N2O2S/c20-17(21,22)12-3-1-11(2-4-12)8-30-9-15(10-30)29-33(31,32)16-6-13(18(23,24)25)5-14(7-16)19(26,27)28/h1-7,15,29H,8-10H2. The number of nitrogens with zero attached hydrogens (tertiary/aromatic N) is 1. The van der Waals surface area contributed by atoms with Gasteiger partial charge in [-0.3, -0.25) is 4.90 Å². The number of halogens is 9. The Kier molecular flexibility index (Phi) is 6.50. The van der Waals surface area contributed by atoms with Crippen LogP contribution in [0.5, 0.6) is 0 Å². The molecular formula is C19H15F9N2O2S. The molecule has 3 rings (SSSR count). The van der Waals surface area contributed by atoms with Gasteiger partial charge in [0.15, 0.2) is 0 Å². The summed E-state index contributed by atoms with van der Waals surface area (Å²) >= 11 is 0. The molecule has 0 saturated carbocycles. The molecule has 0 unspecified atom stereocenters. The first-order valence-electron chi connectivity index (χ1n) is 9.15. The highest BCUT2D eigenvalue weighted by Gasteiger charge is 2.39. The zero-order valence-electron chi connectivity index (χ0n) is 16.3. The Morgan fingerprint density at radius 1 is 0.758 bits per heavy atom. The molecule has 33 heavy (non-hydrogen) atoms. The van der Waals surface area contributed by atoms with E-state index in [9.17, 15) is 47.9 Å². The lowest BCUT2D eigenvalue weighted by Crippen LogP contribution is -2.58. The van der Waals surface area contributed by atoms with Crippen LogP contribution >= 0.6 is 0 Å². The van der Waals surface area contributed by atoms with Crippen LogP contribution in [0.25, 0.3) is 0 Å². The third kappa shape index (κ3) is 6.18. The molecule has 182 valence electrons. The van der Waals surface area contributed by atoms with Crippen LogP contribution in [0.4, 0.5) is 39.5 Å². The van der Waals surface area contributed by atoms with Gasteiger partial charge >= 0.3 is 18.5 Å². The normalized spacial score (nSPS) is 16.6. The summed E-state index contributed by atoms with van der Waals surface area (Å²) in [7, 11) is -4.71. The van der Waals surface area contributed by atoms with Crippen molar-refractivity contribution in [3.63, 3.8) is 0 Å². The van der Waals surface area contributed by atoms with Crippen LogP contribution in [0.2, 0.25) is 0 Å². The van der Waals surface area contributed by atoms with Crippen molar-refractivity contribution < 1.29 is 47.9 Å². The van der Waals surface area contributed by atoms with E-state index >= 15 is 0 Å². The fourth-order valence-corrected chi connectivity index (χ4v) is 4.49. The van der Waals surface area contributed by atoms with E-state index in [1.54, 1.807) is 4.90 Å². The van der Waals surface area contributed by atoms with Gasteiger partial charge in [-0.15, -0.1) is 0 Å². The number of likely N-dealkylation sites (tertiary alicyclic amines) is 1. The average molecular weight is 506 g/mol. The van der Waals surface area contributed by atoms with Gasteiger partial charge in [-0.25, -0.2) is 13.1 Å². The molecule has 0 amide bonds. The summed E-state index contributed by atoms with van der Waals surface area (Å²) in [6.07, 6.45) is -14.9. The van der Waals surface area contributed by atoms with Crippen LogP contribution < -0.4 is 4.72 Å². The molecule has 1 fully saturated rings. The van der Waals surface area contributed by atoms with E-state index in [4.69, 9.17) is 0 Å². The fraction of sp³-hybridized carbons (Fsp3) is 0.368. The molecular weight excluding hydrogens is 491 g/mol. The summed E-state index contributed by atoms with van der Waals surface area (Å²) in [6.45, 7) is 0.300. The van der Waals surface area contributed by atoms with E-state index in [1.165, 1.54) is 12.1 Å². The Hall–Kier alpha value is -2.32. The summed E-state index contributed by atoms with van der Waals surface area (Å²) in [5.41, 5.74) is -3.83. The monoisotopic (exact) mass is 506 g/mol. The second kappa shape index (κ2) is 8.47. The molecule has 0 radical (unpaired) electrons. The van der Waals surface area contributed by atoms with Crippen LogP contribution in [0.15, 0.2) is 47.4 Å². The van der Waals surface area contributed by atoms with Gasteiger partial charge in [0, 0.05) is 25.7 Å². The lowest BCUT2D eigenvalue weighted by atomic mass is 10.1. The Labute approximate surface area is 182 Å². The van der Waals surface area contributed by atoms with E-state index < -0.39 is 56.2 Å². The molecule has 1 heterocycles. The Balaban J connectivity index is 1.68. The Bertz CT molecular complexity index is 1070. The molecule has 4 nitrogen and oxygen atoms in total. The summed E-state index contributed by atoms with van der Waals surface area (Å²) < 4.78 is 142. The predicted molar refractivity (Wildman–Crippen MR) is 97.3 cm³/mol. The van der Waals surface area contributed by atoms with Gasteiger partial charge in [0.1, 0.15) is 0 Å². The molecule has 0 atom stereocenters. The maximum absolute atomic E-state index is 13.0. The first-order chi connectivity index (χ1) is 14.9. The van der Waals surface area contributed by atoms with Crippen molar-refractivity contribution in [3.05, 3.63) is 64.7 Å². The predicted octanol–water partition coefficient (Wildman–Crippen LogP) is 4.91. The molecule has 0 aliphatic carbocycles. The highest BCUT2D eigenvalue weighted by atomic mass is 32.2. The largest absolute Gasteiger partial charge is 0.416 e. The summed E-state index contributed by atoms with van der Waals surface area (Å²) in [6, 6.07) is 3.56. The molecule has 0 aromatic heterocycles. The lowest BCUT2D eigenvalue weighted by molar-refractivity contribution is -0.143. The van der Waals surface area contributed by atoms with Crippen LogP contribution in [0, 0.1) is 0 Å². The number of nitrogens with one attached hydrogen (secondary N) is 1. The number of hydrogen-bond acceptors (Lipinski definition) is 3. The summed E-state index contributed by atoms with van der Waals surface area (Å²) in [5, 5.41) is 0. The maximum atomic E-state index is 13.0. The second-order valence-corrected chi connectivity index (χ2v) is 9.16. The van der Waals surface area contributed by atoms with E-state index in [2.05, 4.69) is 4.72 Å². The van der Waals surface area contributed by atoms with Crippen LogP contribution in [-0.2, 0) is 35.1 Å². The first-order valence-corrected chi connectivity index (χ1v) is 10.6. The van der Waals surface area contributed by atoms with Crippen molar-refractivity contribution in [1.29, 1.82) is 0 Å². The number of sulfonamides is 1.